The maximum Gasteiger partial charge on any atom is 0.115 e. The van der Waals surface area contributed by atoms with E-state index >= 15 is 0 Å². The molecule has 1 atom stereocenters. The lowest BCUT2D eigenvalue weighted by Crippen LogP contribution is -2.04. The normalized spacial score (nSPS) is 12.5. The number of aryl methyl sites for hydroxylation is 1. The molecule has 23 heavy (non-hydrogen) atoms. The van der Waals surface area contributed by atoms with E-state index in [-0.39, 0.29) is 0 Å². The third-order valence-electron chi connectivity index (χ3n) is 4.95. The first-order valence-corrected chi connectivity index (χ1v) is 10.1. The Bertz CT molecular complexity index is 389. The lowest BCUT2D eigenvalue weighted by atomic mass is 9.88. The van der Waals surface area contributed by atoms with Crippen molar-refractivity contribution in [3.8, 4) is 0 Å². The van der Waals surface area contributed by atoms with Crippen molar-refractivity contribution >= 4 is 0 Å². The summed E-state index contributed by atoms with van der Waals surface area (Å²) in [5.74, 6) is 0.670. The lowest BCUT2D eigenvalue weighted by Gasteiger charge is -2.18. The summed E-state index contributed by atoms with van der Waals surface area (Å²) in [6, 6.07) is 0. The van der Waals surface area contributed by atoms with Gasteiger partial charge in [-0.2, -0.15) is 0 Å². The summed E-state index contributed by atoms with van der Waals surface area (Å²) in [4.78, 5) is 8.70. The molecule has 1 heterocycles. The Hall–Kier alpha value is -0.920. The molecule has 2 nitrogen and oxygen atoms in total. The van der Waals surface area contributed by atoms with Crippen LogP contribution in [0.1, 0.15) is 114 Å². The molecule has 0 bridgehead atoms. The van der Waals surface area contributed by atoms with E-state index in [0.717, 1.165) is 0 Å². The third kappa shape index (κ3) is 9.07. The summed E-state index contributed by atoms with van der Waals surface area (Å²) in [7, 11) is 0. The van der Waals surface area contributed by atoms with Gasteiger partial charge < -0.3 is 0 Å². The lowest BCUT2D eigenvalue weighted by molar-refractivity contribution is 0.485. The molecule has 1 aromatic heterocycles. The van der Waals surface area contributed by atoms with Gasteiger partial charge in [0.05, 0.1) is 0 Å². The van der Waals surface area contributed by atoms with Gasteiger partial charge >= 0.3 is 0 Å². The number of hydrogen-bond donors (Lipinski definition) is 0. The van der Waals surface area contributed by atoms with Crippen molar-refractivity contribution in [2.75, 3.05) is 0 Å². The summed E-state index contributed by atoms with van der Waals surface area (Å²) < 4.78 is 0. The quantitative estimate of drug-likeness (QED) is 0.346. The van der Waals surface area contributed by atoms with Crippen molar-refractivity contribution in [1.29, 1.82) is 0 Å². The summed E-state index contributed by atoms with van der Waals surface area (Å²) in [6.45, 7) is 6.71. The molecular formula is C21H38N2. The fourth-order valence-corrected chi connectivity index (χ4v) is 3.42. The van der Waals surface area contributed by atoms with Crippen LogP contribution in [-0.4, -0.2) is 9.97 Å². The van der Waals surface area contributed by atoms with Gasteiger partial charge in [-0.1, -0.05) is 84.5 Å². The molecule has 0 saturated carbocycles. The van der Waals surface area contributed by atoms with Gasteiger partial charge in [0.2, 0.25) is 0 Å². The highest BCUT2D eigenvalue weighted by Gasteiger charge is 2.14. The van der Waals surface area contributed by atoms with Gasteiger partial charge in [-0.25, -0.2) is 9.97 Å². The highest BCUT2D eigenvalue weighted by Crippen LogP contribution is 2.29. The van der Waals surface area contributed by atoms with Gasteiger partial charge in [-0.05, 0) is 31.2 Å². The average Bonchev–Trinajstić information content (AvgIpc) is 2.56. The molecule has 0 fully saturated rings. The topological polar surface area (TPSA) is 25.8 Å². The van der Waals surface area contributed by atoms with E-state index in [4.69, 9.17) is 0 Å². The van der Waals surface area contributed by atoms with Gasteiger partial charge in [-0.15, -0.1) is 0 Å². The number of aromatic nitrogens is 2. The molecule has 132 valence electrons. The number of nitrogens with zero attached hydrogens (tertiary/aromatic N) is 2. The SMILES string of the molecule is CCCCCCCCC(CCCCCCC)c1cncnc1C. The van der Waals surface area contributed by atoms with Crippen LogP contribution in [0.25, 0.3) is 0 Å². The van der Waals surface area contributed by atoms with Gasteiger partial charge in [-0.3, -0.25) is 0 Å². The molecule has 2 heteroatoms. The average molecular weight is 319 g/mol. The van der Waals surface area contributed by atoms with E-state index in [1.807, 2.05) is 0 Å². The Labute approximate surface area is 144 Å². The van der Waals surface area contributed by atoms with Crippen molar-refractivity contribution in [3.05, 3.63) is 23.8 Å². The second kappa shape index (κ2) is 13.5. The molecule has 1 aromatic rings. The van der Waals surface area contributed by atoms with Crippen molar-refractivity contribution in [2.45, 2.75) is 110 Å². The minimum absolute atomic E-state index is 0.670. The molecule has 0 radical (unpaired) electrons. The maximum absolute atomic E-state index is 4.42. The van der Waals surface area contributed by atoms with E-state index in [9.17, 15) is 0 Å². The molecule has 0 spiro atoms. The van der Waals surface area contributed by atoms with Crippen LogP contribution in [-0.2, 0) is 0 Å². The Morgan fingerprint density at radius 1 is 0.783 bits per heavy atom. The molecule has 0 N–H and O–H groups in total. The number of hydrogen-bond acceptors (Lipinski definition) is 2. The van der Waals surface area contributed by atoms with Crippen LogP contribution in [0.3, 0.4) is 0 Å². The largest absolute Gasteiger partial charge is 0.245 e. The zero-order valence-corrected chi connectivity index (χ0v) is 15.8. The number of unbranched alkanes of at least 4 members (excludes halogenated alkanes) is 9. The van der Waals surface area contributed by atoms with Crippen LogP contribution in [0.2, 0.25) is 0 Å². The minimum atomic E-state index is 0.670. The van der Waals surface area contributed by atoms with Crippen LogP contribution >= 0.6 is 0 Å². The molecule has 0 aliphatic carbocycles. The second-order valence-electron chi connectivity index (χ2n) is 7.02. The van der Waals surface area contributed by atoms with Gasteiger partial charge in [0.1, 0.15) is 6.33 Å². The summed E-state index contributed by atoms with van der Waals surface area (Å²) >= 11 is 0. The van der Waals surface area contributed by atoms with E-state index in [0.29, 0.717) is 5.92 Å². The Kier molecular flexibility index (Phi) is 11.8. The summed E-state index contributed by atoms with van der Waals surface area (Å²) in [5.41, 5.74) is 2.58. The number of rotatable bonds is 14. The molecular weight excluding hydrogens is 280 g/mol. The first-order chi connectivity index (χ1) is 11.3. The predicted octanol–water partition coefficient (Wildman–Crippen LogP) is 6.98. The first-order valence-electron chi connectivity index (χ1n) is 10.1. The van der Waals surface area contributed by atoms with Crippen LogP contribution in [0.15, 0.2) is 12.5 Å². The van der Waals surface area contributed by atoms with Crippen molar-refractivity contribution < 1.29 is 0 Å². The molecule has 0 aromatic carbocycles. The zero-order chi connectivity index (χ0) is 16.8. The van der Waals surface area contributed by atoms with E-state index < -0.39 is 0 Å². The molecule has 1 unspecified atom stereocenters. The fraction of sp³-hybridized carbons (Fsp3) is 0.810. The molecule has 1 rings (SSSR count). The van der Waals surface area contributed by atoms with Gasteiger partial charge in [0, 0.05) is 11.9 Å². The zero-order valence-electron chi connectivity index (χ0n) is 15.8. The van der Waals surface area contributed by atoms with Crippen LogP contribution < -0.4 is 0 Å². The van der Waals surface area contributed by atoms with Crippen molar-refractivity contribution in [1.82, 2.24) is 9.97 Å². The van der Waals surface area contributed by atoms with E-state index in [1.54, 1.807) is 6.33 Å². The first kappa shape index (κ1) is 20.1. The van der Waals surface area contributed by atoms with Crippen molar-refractivity contribution in [2.24, 2.45) is 0 Å². The van der Waals surface area contributed by atoms with Gasteiger partial charge in [0.15, 0.2) is 0 Å². The second-order valence-corrected chi connectivity index (χ2v) is 7.02. The Morgan fingerprint density at radius 3 is 1.83 bits per heavy atom. The van der Waals surface area contributed by atoms with Crippen LogP contribution in [0, 0.1) is 6.92 Å². The maximum atomic E-state index is 4.42. The van der Waals surface area contributed by atoms with E-state index in [2.05, 4.69) is 36.9 Å². The Morgan fingerprint density at radius 2 is 1.30 bits per heavy atom. The highest BCUT2D eigenvalue weighted by molar-refractivity contribution is 5.19. The van der Waals surface area contributed by atoms with Crippen LogP contribution in [0.4, 0.5) is 0 Å². The predicted molar refractivity (Wildman–Crippen MR) is 101 cm³/mol. The van der Waals surface area contributed by atoms with Gasteiger partial charge in [0.25, 0.3) is 0 Å². The van der Waals surface area contributed by atoms with Crippen LogP contribution in [0.5, 0.6) is 0 Å². The summed E-state index contributed by atoms with van der Waals surface area (Å²) in [5, 5.41) is 0. The summed E-state index contributed by atoms with van der Waals surface area (Å²) in [6.07, 6.45) is 21.5. The molecule has 0 saturated heterocycles. The van der Waals surface area contributed by atoms with E-state index in [1.165, 1.54) is 94.7 Å². The molecule has 0 aliphatic rings. The monoisotopic (exact) mass is 318 g/mol. The third-order valence-corrected chi connectivity index (χ3v) is 4.95. The highest BCUT2D eigenvalue weighted by atomic mass is 14.8. The standard InChI is InChI=1S/C21H38N2/c1-4-6-8-10-12-14-16-20(15-13-11-9-7-5-2)21-17-22-18-23-19(21)3/h17-18,20H,4-16H2,1-3H3. The Balaban J connectivity index is 2.40. The molecule has 0 amide bonds. The fourth-order valence-electron chi connectivity index (χ4n) is 3.42. The smallest absolute Gasteiger partial charge is 0.115 e. The van der Waals surface area contributed by atoms with Crippen molar-refractivity contribution in [3.63, 3.8) is 0 Å². The minimum Gasteiger partial charge on any atom is -0.245 e. The molecule has 0 aliphatic heterocycles.